The van der Waals surface area contributed by atoms with E-state index in [1.807, 2.05) is 84.9 Å². The molecule has 0 aliphatic rings. The number of amides is 4. The second kappa shape index (κ2) is 11.6. The lowest BCUT2D eigenvalue weighted by Gasteiger charge is -2.23. The third kappa shape index (κ3) is 6.87. The molecule has 0 spiro atoms. The summed E-state index contributed by atoms with van der Waals surface area (Å²) in [5.41, 5.74) is 3.52. The van der Waals surface area contributed by atoms with Crippen molar-refractivity contribution >= 4 is 23.4 Å². The molecule has 0 aromatic heterocycles. The molecule has 0 radical (unpaired) electrons. The van der Waals surface area contributed by atoms with E-state index in [2.05, 4.69) is 29.8 Å². The fraction of sp³-hybridized carbons (Fsp3) is 0.231. The van der Waals surface area contributed by atoms with Gasteiger partial charge in [-0.2, -0.15) is 0 Å². The summed E-state index contributed by atoms with van der Waals surface area (Å²) in [5.74, 6) is 0.402. The van der Waals surface area contributed by atoms with Gasteiger partial charge in [0.2, 0.25) is 0 Å². The van der Waals surface area contributed by atoms with Crippen molar-refractivity contribution in [3.05, 3.63) is 96.1 Å². The number of hydrogen-bond acceptors (Lipinski definition) is 2. The number of para-hydroxylation sites is 2. The minimum atomic E-state index is -0.209. The monoisotopic (exact) mass is 430 g/mol. The van der Waals surface area contributed by atoms with Crippen molar-refractivity contribution in [1.82, 2.24) is 16.0 Å². The van der Waals surface area contributed by atoms with Gasteiger partial charge in [-0.3, -0.25) is 4.90 Å². The van der Waals surface area contributed by atoms with Gasteiger partial charge < -0.3 is 16.0 Å². The molecule has 0 aliphatic heterocycles. The average Bonchev–Trinajstić information content (AvgIpc) is 2.82. The van der Waals surface area contributed by atoms with Gasteiger partial charge in [0.05, 0.1) is 11.4 Å². The fourth-order valence-electron chi connectivity index (χ4n) is 3.19. The van der Waals surface area contributed by atoms with Gasteiger partial charge in [-0.25, -0.2) is 9.59 Å². The van der Waals surface area contributed by atoms with E-state index in [4.69, 9.17) is 0 Å². The van der Waals surface area contributed by atoms with Crippen LogP contribution in [0.5, 0.6) is 0 Å². The molecule has 4 amide bonds. The number of rotatable bonds is 8. The van der Waals surface area contributed by atoms with Crippen LogP contribution in [-0.2, 0) is 13.1 Å². The van der Waals surface area contributed by atoms with E-state index < -0.39 is 0 Å². The van der Waals surface area contributed by atoms with E-state index in [-0.39, 0.29) is 12.1 Å². The van der Waals surface area contributed by atoms with Gasteiger partial charge in [-0.05, 0) is 41.3 Å². The van der Waals surface area contributed by atoms with Gasteiger partial charge >= 0.3 is 12.1 Å². The summed E-state index contributed by atoms with van der Waals surface area (Å²) in [6.45, 7) is 5.54. The SMILES string of the molecule is CC(C)CNC(=O)NCc1cccc(CNC(=O)N(c2ccccc2)c2ccccc2)c1. The Morgan fingerprint density at radius 3 is 1.78 bits per heavy atom. The van der Waals surface area contributed by atoms with Crippen molar-refractivity contribution in [1.29, 1.82) is 0 Å². The van der Waals surface area contributed by atoms with Crippen LogP contribution in [0.4, 0.5) is 21.0 Å². The number of nitrogens with zero attached hydrogens (tertiary/aromatic N) is 1. The lowest BCUT2D eigenvalue weighted by Crippen LogP contribution is -2.37. The first-order valence-corrected chi connectivity index (χ1v) is 10.8. The average molecular weight is 431 g/mol. The van der Waals surface area contributed by atoms with Crippen LogP contribution in [0.15, 0.2) is 84.9 Å². The predicted molar refractivity (Wildman–Crippen MR) is 129 cm³/mol. The molecule has 3 aromatic carbocycles. The van der Waals surface area contributed by atoms with Gasteiger partial charge in [0, 0.05) is 19.6 Å². The summed E-state index contributed by atoms with van der Waals surface area (Å²) in [4.78, 5) is 26.6. The smallest absolute Gasteiger partial charge is 0.326 e. The summed E-state index contributed by atoms with van der Waals surface area (Å²) in [7, 11) is 0. The number of carbonyl (C=O) groups excluding carboxylic acids is 2. The minimum absolute atomic E-state index is 0.182. The molecule has 0 bridgehead atoms. The number of benzene rings is 3. The highest BCUT2D eigenvalue weighted by Gasteiger charge is 2.17. The Kier molecular flexibility index (Phi) is 8.26. The summed E-state index contributed by atoms with van der Waals surface area (Å²) >= 11 is 0. The Morgan fingerprint density at radius 2 is 1.25 bits per heavy atom. The first-order valence-electron chi connectivity index (χ1n) is 10.8. The highest BCUT2D eigenvalue weighted by atomic mass is 16.2. The number of anilines is 2. The topological polar surface area (TPSA) is 73.5 Å². The molecule has 3 rings (SSSR count). The lowest BCUT2D eigenvalue weighted by molar-refractivity contribution is 0.239. The van der Waals surface area contributed by atoms with Crippen molar-refractivity contribution < 1.29 is 9.59 Å². The number of nitrogens with one attached hydrogen (secondary N) is 3. The zero-order chi connectivity index (χ0) is 22.8. The summed E-state index contributed by atoms with van der Waals surface area (Å²) in [5, 5.41) is 8.71. The molecule has 0 saturated heterocycles. The molecule has 0 fully saturated rings. The molecule has 3 N–H and O–H groups in total. The summed E-state index contributed by atoms with van der Waals surface area (Å²) in [6.07, 6.45) is 0. The molecular weight excluding hydrogens is 400 g/mol. The summed E-state index contributed by atoms with van der Waals surface area (Å²) in [6, 6.07) is 26.5. The first kappa shape index (κ1) is 22.9. The number of urea groups is 2. The molecule has 0 saturated carbocycles. The van der Waals surface area contributed by atoms with Crippen molar-refractivity contribution in [2.75, 3.05) is 11.4 Å². The Morgan fingerprint density at radius 1 is 0.719 bits per heavy atom. The molecule has 0 heterocycles. The lowest BCUT2D eigenvalue weighted by atomic mass is 10.1. The maximum Gasteiger partial charge on any atom is 0.326 e. The summed E-state index contributed by atoms with van der Waals surface area (Å²) < 4.78 is 0. The van der Waals surface area contributed by atoms with E-state index in [9.17, 15) is 9.59 Å². The molecule has 0 unspecified atom stereocenters. The van der Waals surface area contributed by atoms with E-state index in [0.29, 0.717) is 25.6 Å². The van der Waals surface area contributed by atoms with Crippen molar-refractivity contribution in [3.8, 4) is 0 Å². The quantitative estimate of drug-likeness (QED) is 0.460. The van der Waals surface area contributed by atoms with Gasteiger partial charge in [0.15, 0.2) is 0 Å². The number of hydrogen-bond donors (Lipinski definition) is 3. The molecule has 0 atom stereocenters. The van der Waals surface area contributed by atoms with E-state index in [1.54, 1.807) is 4.90 Å². The van der Waals surface area contributed by atoms with Crippen LogP contribution in [0, 0.1) is 5.92 Å². The molecule has 3 aromatic rings. The van der Waals surface area contributed by atoms with Crippen molar-refractivity contribution in [2.45, 2.75) is 26.9 Å². The second-order valence-electron chi connectivity index (χ2n) is 7.94. The fourth-order valence-corrected chi connectivity index (χ4v) is 3.19. The maximum absolute atomic E-state index is 13.1. The number of carbonyl (C=O) groups is 2. The van der Waals surface area contributed by atoms with Gasteiger partial charge in [0.1, 0.15) is 0 Å². The normalized spacial score (nSPS) is 10.5. The first-order chi connectivity index (χ1) is 15.5. The predicted octanol–water partition coefficient (Wildman–Crippen LogP) is 5.19. The minimum Gasteiger partial charge on any atom is -0.338 e. The Labute approximate surface area is 189 Å². The highest BCUT2D eigenvalue weighted by Crippen LogP contribution is 2.25. The molecular formula is C26H30N4O2. The van der Waals surface area contributed by atoms with Crippen LogP contribution in [0.1, 0.15) is 25.0 Å². The molecule has 32 heavy (non-hydrogen) atoms. The van der Waals surface area contributed by atoms with E-state index in [1.165, 1.54) is 0 Å². The molecule has 6 nitrogen and oxygen atoms in total. The largest absolute Gasteiger partial charge is 0.338 e. The van der Waals surface area contributed by atoms with Gasteiger partial charge in [-0.15, -0.1) is 0 Å². The highest BCUT2D eigenvalue weighted by molar-refractivity contribution is 5.99. The van der Waals surface area contributed by atoms with Crippen LogP contribution in [0.2, 0.25) is 0 Å². The van der Waals surface area contributed by atoms with E-state index in [0.717, 1.165) is 22.5 Å². The Bertz CT molecular complexity index is 967. The van der Waals surface area contributed by atoms with E-state index >= 15 is 0 Å². The molecule has 6 heteroatoms. The van der Waals surface area contributed by atoms with Crippen molar-refractivity contribution in [3.63, 3.8) is 0 Å². The van der Waals surface area contributed by atoms with Crippen LogP contribution in [0.25, 0.3) is 0 Å². The maximum atomic E-state index is 13.1. The van der Waals surface area contributed by atoms with Crippen LogP contribution < -0.4 is 20.9 Å². The Balaban J connectivity index is 1.62. The van der Waals surface area contributed by atoms with Gasteiger partial charge in [-0.1, -0.05) is 74.5 Å². The third-order valence-electron chi connectivity index (χ3n) is 4.79. The van der Waals surface area contributed by atoms with Crippen molar-refractivity contribution in [2.24, 2.45) is 5.92 Å². The molecule has 0 aliphatic carbocycles. The van der Waals surface area contributed by atoms with Crippen LogP contribution in [-0.4, -0.2) is 18.6 Å². The standard InChI is InChI=1S/C26H30N4O2/c1-20(2)17-27-25(31)28-18-21-10-9-11-22(16-21)19-29-26(32)30(23-12-5-3-6-13-23)24-14-7-4-8-15-24/h3-16,20H,17-19H2,1-2H3,(H,29,32)(H2,27,28,31). The van der Waals surface area contributed by atoms with Crippen LogP contribution in [0.3, 0.4) is 0 Å². The third-order valence-corrected chi connectivity index (χ3v) is 4.79. The zero-order valence-corrected chi connectivity index (χ0v) is 18.5. The second-order valence-corrected chi connectivity index (χ2v) is 7.94. The molecule has 166 valence electrons. The van der Waals surface area contributed by atoms with Crippen LogP contribution >= 0.6 is 0 Å². The zero-order valence-electron chi connectivity index (χ0n) is 18.5. The van der Waals surface area contributed by atoms with Gasteiger partial charge in [0.25, 0.3) is 0 Å². The Hall–Kier alpha value is -3.80.